The predicted octanol–water partition coefficient (Wildman–Crippen LogP) is 14.6. The van der Waals surface area contributed by atoms with Gasteiger partial charge >= 0.3 is 13.8 Å². The Bertz CT molecular complexity index is 1210. The van der Waals surface area contributed by atoms with Gasteiger partial charge in [-0.1, -0.05) is 179 Å². The molecule has 0 aliphatic rings. The molecule has 0 saturated heterocycles. The number of nitrogens with zero attached hydrogens (tertiary/aromatic N) is 1. The molecule has 0 fully saturated rings. The van der Waals surface area contributed by atoms with Crippen molar-refractivity contribution in [3.05, 3.63) is 48.6 Å². The average molecular weight is 894 g/mol. The third-order valence-corrected chi connectivity index (χ3v) is 12.0. The first-order valence-electron chi connectivity index (χ1n) is 25.5. The van der Waals surface area contributed by atoms with Crippen LogP contribution in [0.3, 0.4) is 0 Å². The number of carbonyl (C=O) groups excluding carboxylic acids is 2. The Morgan fingerprint density at radius 3 is 1.60 bits per heavy atom. The summed E-state index contributed by atoms with van der Waals surface area (Å²) >= 11 is 0. The third kappa shape index (κ3) is 43.2. The first-order valence-corrected chi connectivity index (χ1v) is 27.0. The van der Waals surface area contributed by atoms with Crippen LogP contribution >= 0.6 is 7.82 Å². The summed E-state index contributed by atoms with van der Waals surface area (Å²) in [6.07, 6.45) is 49.6. The van der Waals surface area contributed by atoms with Gasteiger partial charge in [0.1, 0.15) is 19.3 Å². The van der Waals surface area contributed by atoms with E-state index in [2.05, 4.69) is 62.5 Å². The zero-order valence-electron chi connectivity index (χ0n) is 41.1. The van der Waals surface area contributed by atoms with E-state index in [1.54, 1.807) is 0 Å². The highest BCUT2D eigenvalue weighted by molar-refractivity contribution is 7.47. The number of phosphoric ester groups is 1. The van der Waals surface area contributed by atoms with E-state index in [0.717, 1.165) is 109 Å². The molecule has 3 atom stereocenters. The summed E-state index contributed by atoms with van der Waals surface area (Å²) in [5.74, 6) is -0.529. The summed E-state index contributed by atoms with van der Waals surface area (Å²) in [5, 5.41) is 3.02. The molecule has 10 heteroatoms. The van der Waals surface area contributed by atoms with Crippen molar-refractivity contribution in [1.82, 2.24) is 5.32 Å². The lowest BCUT2D eigenvalue weighted by Gasteiger charge is -2.27. The van der Waals surface area contributed by atoms with Crippen LogP contribution < -0.4 is 5.32 Å². The fraction of sp³-hybridized carbons (Fsp3) is 0.808. The molecule has 0 bridgehead atoms. The van der Waals surface area contributed by atoms with Gasteiger partial charge in [-0.2, -0.15) is 0 Å². The predicted molar refractivity (Wildman–Crippen MR) is 263 cm³/mol. The Kier molecular flexibility index (Phi) is 41.5. The molecule has 0 aliphatic carbocycles. The van der Waals surface area contributed by atoms with Crippen molar-refractivity contribution in [2.45, 2.75) is 232 Å². The number of rotatable bonds is 45. The summed E-state index contributed by atoms with van der Waals surface area (Å²) in [4.78, 5) is 37.3. The molecule has 3 unspecified atom stereocenters. The van der Waals surface area contributed by atoms with Crippen LogP contribution in [0.1, 0.15) is 220 Å². The molecule has 1 amide bonds. The molecule has 2 N–H and O–H groups in total. The highest BCUT2D eigenvalue weighted by Crippen LogP contribution is 2.43. The molecule has 0 aromatic rings. The second kappa shape index (κ2) is 42.9. The minimum absolute atomic E-state index is 0.0368. The fourth-order valence-corrected chi connectivity index (χ4v) is 7.75. The second-order valence-electron chi connectivity index (χ2n) is 18.3. The Labute approximate surface area is 382 Å². The fourth-order valence-electron chi connectivity index (χ4n) is 7.02. The van der Waals surface area contributed by atoms with Crippen molar-refractivity contribution in [2.75, 3.05) is 40.9 Å². The summed E-state index contributed by atoms with van der Waals surface area (Å²) in [7, 11) is 1.48. The van der Waals surface area contributed by atoms with Crippen LogP contribution in [-0.4, -0.2) is 74.3 Å². The normalized spacial score (nSPS) is 14.4. The number of ether oxygens (including phenoxy) is 1. The van der Waals surface area contributed by atoms with Gasteiger partial charge in [-0.15, -0.1) is 0 Å². The number of allylic oxidation sites excluding steroid dienone is 7. The Balaban J connectivity index is 5.44. The largest absolute Gasteiger partial charge is 0.472 e. The molecule has 0 rings (SSSR count). The first kappa shape index (κ1) is 60.0. The summed E-state index contributed by atoms with van der Waals surface area (Å²) in [5.41, 5.74) is 0. The Morgan fingerprint density at radius 2 is 1.05 bits per heavy atom. The van der Waals surface area contributed by atoms with Crippen molar-refractivity contribution in [3.8, 4) is 0 Å². The van der Waals surface area contributed by atoms with Crippen LogP contribution in [0.2, 0.25) is 0 Å². The lowest BCUT2D eigenvalue weighted by molar-refractivity contribution is -0.870. The smallest absolute Gasteiger partial charge is 0.456 e. The number of esters is 1. The maximum absolute atomic E-state index is 13.4. The van der Waals surface area contributed by atoms with Gasteiger partial charge in [0, 0.05) is 12.8 Å². The average Bonchev–Trinajstić information content (AvgIpc) is 3.22. The molecular formula is C52H98N2O7P+. The standard InChI is InChI=1S/C52H97N2O7P/c1-7-10-13-16-19-22-25-26-27-30-33-36-39-42-45-52(56)61-50(43-40-37-34-31-28-23-20-17-14-11-8-2)49(48-60-62(57,58)59-47-46-54(4,5)6)53-51(55)44-41-38-35-32-29-24-21-18-15-12-9-3/h10,13,18-19,21-22,40,43,49-50H,7-9,11-12,14-17,20,23-39,41-42,44-48H2,1-6H3,(H-,53,55,57,58)/p+1/b13-10+,21-18-,22-19+,43-40+. The minimum atomic E-state index is -4.44. The third-order valence-electron chi connectivity index (χ3n) is 11.0. The van der Waals surface area contributed by atoms with Crippen LogP contribution in [0.15, 0.2) is 48.6 Å². The number of unbranched alkanes of at least 4 members (excludes halogenated alkanes) is 23. The Hall–Kier alpha value is -2.03. The van der Waals surface area contributed by atoms with Gasteiger partial charge in [-0.3, -0.25) is 18.6 Å². The van der Waals surface area contributed by atoms with Gasteiger partial charge in [0.2, 0.25) is 5.91 Å². The number of hydrogen-bond acceptors (Lipinski definition) is 6. The molecule has 0 aliphatic heterocycles. The minimum Gasteiger partial charge on any atom is -0.456 e. The van der Waals surface area contributed by atoms with E-state index in [1.165, 1.54) is 77.0 Å². The number of amides is 1. The van der Waals surface area contributed by atoms with Gasteiger partial charge in [0.25, 0.3) is 0 Å². The van der Waals surface area contributed by atoms with Crippen LogP contribution in [0.25, 0.3) is 0 Å². The SMILES string of the molecule is CC/C=C/C/C=C/CCCCCCCCCC(=O)OC(/C=C/CCCCCCCCCCC)C(COP(=O)(O)OCC[N+](C)(C)C)NC(=O)CCCCCCC/C=C\CCCC. The van der Waals surface area contributed by atoms with E-state index in [1.807, 2.05) is 33.3 Å². The van der Waals surface area contributed by atoms with Crippen LogP contribution in [0.4, 0.5) is 0 Å². The van der Waals surface area contributed by atoms with Crippen molar-refractivity contribution < 1.29 is 37.3 Å². The zero-order valence-corrected chi connectivity index (χ0v) is 42.0. The molecular weight excluding hydrogens is 796 g/mol. The van der Waals surface area contributed by atoms with E-state index in [0.29, 0.717) is 17.4 Å². The monoisotopic (exact) mass is 894 g/mol. The maximum Gasteiger partial charge on any atom is 0.472 e. The molecule has 62 heavy (non-hydrogen) atoms. The van der Waals surface area contributed by atoms with Gasteiger partial charge in [-0.05, 0) is 76.7 Å². The van der Waals surface area contributed by atoms with Crippen LogP contribution in [-0.2, 0) is 27.9 Å². The zero-order chi connectivity index (χ0) is 45.8. The van der Waals surface area contributed by atoms with E-state index in [9.17, 15) is 19.0 Å². The number of hydrogen-bond donors (Lipinski definition) is 2. The van der Waals surface area contributed by atoms with E-state index in [4.69, 9.17) is 13.8 Å². The summed E-state index contributed by atoms with van der Waals surface area (Å²) < 4.78 is 30.4. The van der Waals surface area contributed by atoms with Gasteiger partial charge in [0.15, 0.2) is 0 Å². The number of nitrogens with one attached hydrogen (secondary N) is 1. The van der Waals surface area contributed by atoms with Crippen LogP contribution in [0.5, 0.6) is 0 Å². The molecule has 0 spiro atoms. The molecule has 362 valence electrons. The summed E-state index contributed by atoms with van der Waals surface area (Å²) in [6.45, 7) is 6.83. The number of phosphoric acid groups is 1. The van der Waals surface area contributed by atoms with Gasteiger partial charge < -0.3 is 19.4 Å². The van der Waals surface area contributed by atoms with Crippen LogP contribution in [0, 0.1) is 0 Å². The topological polar surface area (TPSA) is 111 Å². The Morgan fingerprint density at radius 1 is 0.581 bits per heavy atom. The highest BCUT2D eigenvalue weighted by atomic mass is 31.2. The van der Waals surface area contributed by atoms with E-state index >= 15 is 0 Å². The van der Waals surface area contributed by atoms with Crippen molar-refractivity contribution in [3.63, 3.8) is 0 Å². The van der Waals surface area contributed by atoms with Crippen molar-refractivity contribution in [1.29, 1.82) is 0 Å². The second-order valence-corrected chi connectivity index (χ2v) is 19.8. The maximum atomic E-state index is 13.4. The van der Waals surface area contributed by atoms with Crippen molar-refractivity contribution >= 4 is 19.7 Å². The number of quaternary nitrogens is 1. The van der Waals surface area contributed by atoms with E-state index in [-0.39, 0.29) is 31.5 Å². The van der Waals surface area contributed by atoms with Gasteiger partial charge in [0.05, 0.1) is 33.8 Å². The molecule has 9 nitrogen and oxygen atoms in total. The van der Waals surface area contributed by atoms with E-state index < -0.39 is 20.0 Å². The quantitative estimate of drug-likeness (QED) is 0.0206. The lowest BCUT2D eigenvalue weighted by Crippen LogP contribution is -2.47. The molecule has 0 aromatic heterocycles. The molecule has 0 saturated carbocycles. The highest BCUT2D eigenvalue weighted by Gasteiger charge is 2.30. The number of likely N-dealkylation sites (N-methyl/N-ethyl adjacent to an activating group) is 1. The first-order chi connectivity index (χ1) is 29.9. The molecule has 0 aromatic carbocycles. The lowest BCUT2D eigenvalue weighted by atomic mass is 10.1. The summed E-state index contributed by atoms with van der Waals surface area (Å²) in [6, 6.07) is -0.851. The van der Waals surface area contributed by atoms with Gasteiger partial charge in [-0.25, -0.2) is 4.57 Å². The molecule has 0 heterocycles. The van der Waals surface area contributed by atoms with Crippen molar-refractivity contribution in [2.24, 2.45) is 0 Å². The molecule has 0 radical (unpaired) electrons. The number of carbonyl (C=O) groups is 2.